The van der Waals surface area contributed by atoms with Crippen molar-refractivity contribution in [3.63, 3.8) is 0 Å². The molecular formula is C45H30. The molecule has 0 aromatic carbocycles. The molecule has 0 spiro atoms. The van der Waals surface area contributed by atoms with Crippen LogP contribution in [0.1, 0.15) is 57.8 Å². The Morgan fingerprint density at radius 2 is 0.489 bits per heavy atom. The van der Waals surface area contributed by atoms with Crippen LogP contribution in [0.5, 0.6) is 0 Å². The van der Waals surface area contributed by atoms with Crippen molar-refractivity contribution >= 4 is 0 Å². The molecular weight excluding hydrogens is 540 g/mol. The van der Waals surface area contributed by atoms with Crippen LogP contribution in [0.4, 0.5) is 0 Å². The maximum absolute atomic E-state index is 3.34. The number of rotatable bonds is 0. The van der Waals surface area contributed by atoms with Crippen LogP contribution in [0.2, 0.25) is 0 Å². The Balaban J connectivity index is 1.46. The zero-order valence-electron chi connectivity index (χ0n) is 25.3. The minimum Gasteiger partial charge on any atom is -0.0620 e. The van der Waals surface area contributed by atoms with E-state index < -0.39 is 0 Å². The van der Waals surface area contributed by atoms with Gasteiger partial charge in [0, 0.05) is 16.7 Å². The minimum atomic E-state index is 0.775. The Labute approximate surface area is 267 Å². The molecule has 0 N–H and O–H groups in total. The highest BCUT2D eigenvalue weighted by Gasteiger charge is 2.22. The van der Waals surface area contributed by atoms with Crippen molar-refractivity contribution in [2.24, 2.45) is 0 Å². The Kier molecular flexibility index (Phi) is 8.26. The van der Waals surface area contributed by atoms with Crippen LogP contribution >= 0.6 is 0 Å². The maximum Gasteiger partial charge on any atom is 0.0842 e. The van der Waals surface area contributed by atoms with E-state index in [-0.39, 0.29) is 0 Å². The van der Waals surface area contributed by atoms with E-state index in [1.54, 1.807) is 0 Å². The fourth-order valence-corrected chi connectivity index (χ4v) is 6.80. The lowest BCUT2D eigenvalue weighted by atomic mass is 9.82. The van der Waals surface area contributed by atoms with Gasteiger partial charge in [-0.15, -0.1) is 0 Å². The average Bonchev–Trinajstić information content (AvgIpc) is 3.32. The van der Waals surface area contributed by atoms with Gasteiger partial charge in [0.2, 0.25) is 0 Å². The zero-order chi connectivity index (χ0) is 30.3. The maximum atomic E-state index is 3.34. The third kappa shape index (κ3) is 6.17. The number of hydrogen-bond donors (Lipinski definition) is 0. The summed E-state index contributed by atoms with van der Waals surface area (Å²) < 4.78 is 0. The molecule has 0 saturated heterocycles. The van der Waals surface area contributed by atoms with Gasteiger partial charge in [0.25, 0.3) is 0 Å². The first kappa shape index (κ1) is 28.0. The minimum absolute atomic E-state index is 0.775. The van der Waals surface area contributed by atoms with Gasteiger partial charge >= 0.3 is 0 Å². The predicted octanol–water partition coefficient (Wildman–Crippen LogP) is 8.73. The molecule has 3 saturated carbocycles. The molecule has 0 radical (unpaired) electrons. The van der Waals surface area contributed by atoms with Crippen molar-refractivity contribution in [2.45, 2.75) is 57.8 Å². The monoisotopic (exact) mass is 570 g/mol. The summed E-state index contributed by atoms with van der Waals surface area (Å²) in [5, 5.41) is 0. The van der Waals surface area contributed by atoms with Crippen LogP contribution < -0.4 is 0 Å². The molecule has 0 atom stereocenters. The first-order valence-electron chi connectivity index (χ1n) is 15.9. The molecule has 0 heterocycles. The number of allylic oxidation sites excluding steroid dienone is 24. The van der Waals surface area contributed by atoms with E-state index in [0.29, 0.717) is 0 Å². The SMILES string of the molecule is C1#CC(=C2C3=CC=CC=C2CCC3)C#CC#CC(=C2C3=CC=CC=C2CCC3)C#CC#CC(=C2C3=CC=CC=C2CCC3)C#C1. The largest absolute Gasteiger partial charge is 0.0842 e. The highest BCUT2D eigenvalue weighted by atomic mass is 14.3. The summed E-state index contributed by atoms with van der Waals surface area (Å²) in [5.41, 5.74) is 13.4. The highest BCUT2D eigenvalue weighted by molar-refractivity contribution is 5.70. The van der Waals surface area contributed by atoms with E-state index in [0.717, 1.165) is 91.2 Å². The van der Waals surface area contributed by atoms with Gasteiger partial charge in [-0.2, -0.15) is 0 Å². The van der Waals surface area contributed by atoms with Gasteiger partial charge < -0.3 is 0 Å². The fourth-order valence-electron chi connectivity index (χ4n) is 6.80. The summed E-state index contributed by atoms with van der Waals surface area (Å²) >= 11 is 0. The van der Waals surface area contributed by atoms with Gasteiger partial charge in [-0.05, 0) is 162 Å². The van der Waals surface area contributed by atoms with E-state index in [4.69, 9.17) is 0 Å². The quantitative estimate of drug-likeness (QED) is 0.256. The van der Waals surface area contributed by atoms with Crippen molar-refractivity contribution in [3.8, 4) is 71.0 Å². The summed E-state index contributed by atoms with van der Waals surface area (Å²) in [6.45, 7) is 0. The number of hydrogen-bond acceptors (Lipinski definition) is 0. The normalized spacial score (nSPS) is 20.8. The van der Waals surface area contributed by atoms with Gasteiger partial charge in [0.1, 0.15) is 0 Å². The van der Waals surface area contributed by atoms with Crippen LogP contribution in [0.15, 0.2) is 140 Å². The predicted molar refractivity (Wildman–Crippen MR) is 185 cm³/mol. The number of fused-ring (bicyclic) bond motifs is 6. The van der Waals surface area contributed by atoms with Gasteiger partial charge in [-0.1, -0.05) is 72.9 Å². The first-order valence-corrected chi connectivity index (χ1v) is 15.9. The molecule has 3 fully saturated rings. The van der Waals surface area contributed by atoms with Crippen molar-refractivity contribution in [2.75, 3.05) is 0 Å². The Hall–Kier alpha value is -5.76. The Bertz CT molecular complexity index is 1770. The molecule has 0 amide bonds. The van der Waals surface area contributed by atoms with E-state index in [1.165, 1.54) is 33.4 Å². The van der Waals surface area contributed by atoms with Crippen molar-refractivity contribution < 1.29 is 0 Å². The zero-order valence-corrected chi connectivity index (χ0v) is 25.3. The summed E-state index contributed by atoms with van der Waals surface area (Å²) in [6, 6.07) is 0. The molecule has 0 unspecified atom stereocenters. The average molecular weight is 571 g/mol. The standard InChI is InChI=1S/C45H30/c1-2-17-35(44-39-24-9-10-25-40(44)31-14-30-39)19-5-6-21-36(45-41-26-11-12-27-42(45)33-15-32-41)20-4-3-18-34(16-1)43-37-22-7-8-23-38(43)29-13-28-37/h7-12,22-27H,13-15,28-33H2. The Morgan fingerprint density at radius 1 is 0.289 bits per heavy atom. The van der Waals surface area contributed by atoms with E-state index in [9.17, 15) is 0 Å². The van der Waals surface area contributed by atoms with Gasteiger partial charge in [-0.3, -0.25) is 0 Å². The summed E-state index contributed by atoms with van der Waals surface area (Å²) in [7, 11) is 0. The molecule has 7 rings (SSSR count). The van der Waals surface area contributed by atoms with E-state index in [2.05, 4.69) is 144 Å². The second-order valence-corrected chi connectivity index (χ2v) is 11.6. The third-order valence-corrected chi connectivity index (χ3v) is 8.78. The second-order valence-electron chi connectivity index (χ2n) is 11.6. The lowest BCUT2D eigenvalue weighted by Crippen LogP contribution is -2.05. The van der Waals surface area contributed by atoms with Crippen LogP contribution in [-0.4, -0.2) is 0 Å². The first-order chi connectivity index (χ1) is 22.3. The van der Waals surface area contributed by atoms with Gasteiger partial charge in [0.05, 0.1) is 16.7 Å². The lowest BCUT2D eigenvalue weighted by Gasteiger charge is -2.21. The third-order valence-electron chi connectivity index (χ3n) is 8.78. The van der Waals surface area contributed by atoms with E-state index in [1.807, 2.05) is 0 Å². The van der Waals surface area contributed by atoms with E-state index >= 15 is 0 Å². The molecule has 210 valence electrons. The van der Waals surface area contributed by atoms with Crippen molar-refractivity contribution in [1.82, 2.24) is 0 Å². The van der Waals surface area contributed by atoms with Gasteiger partial charge in [0.15, 0.2) is 0 Å². The second kappa shape index (κ2) is 13.3. The van der Waals surface area contributed by atoms with Crippen LogP contribution in [0, 0.1) is 71.0 Å². The molecule has 0 heteroatoms. The molecule has 6 bridgehead atoms. The molecule has 7 aliphatic rings. The van der Waals surface area contributed by atoms with Crippen LogP contribution in [0.3, 0.4) is 0 Å². The fraction of sp³-hybridized carbons (Fsp3) is 0.200. The molecule has 0 aromatic heterocycles. The molecule has 0 aromatic rings. The summed E-state index contributed by atoms with van der Waals surface area (Å²) in [4.78, 5) is 0. The van der Waals surface area contributed by atoms with Gasteiger partial charge in [-0.25, -0.2) is 0 Å². The van der Waals surface area contributed by atoms with Crippen LogP contribution in [-0.2, 0) is 0 Å². The molecule has 0 aliphatic heterocycles. The topological polar surface area (TPSA) is 0 Å². The highest BCUT2D eigenvalue weighted by Crippen LogP contribution is 2.39. The molecule has 7 aliphatic carbocycles. The lowest BCUT2D eigenvalue weighted by molar-refractivity contribution is 0.773. The molecule has 0 nitrogen and oxygen atoms in total. The van der Waals surface area contributed by atoms with Crippen molar-refractivity contribution in [1.29, 1.82) is 0 Å². The smallest absolute Gasteiger partial charge is 0.0620 e. The van der Waals surface area contributed by atoms with Crippen molar-refractivity contribution in [3.05, 3.63) is 140 Å². The summed E-state index contributed by atoms with van der Waals surface area (Å²) in [6.07, 6.45) is 35.3. The molecule has 45 heavy (non-hydrogen) atoms. The summed E-state index contributed by atoms with van der Waals surface area (Å²) in [5.74, 6) is 38.9. The Morgan fingerprint density at radius 3 is 0.689 bits per heavy atom. The van der Waals surface area contributed by atoms with Crippen LogP contribution in [0.25, 0.3) is 0 Å².